The highest BCUT2D eigenvalue weighted by Crippen LogP contribution is 2.01. The van der Waals surface area contributed by atoms with Crippen LogP contribution in [0.5, 0.6) is 0 Å². The zero-order valence-corrected chi connectivity index (χ0v) is 11.2. The van der Waals surface area contributed by atoms with Crippen LogP contribution < -0.4 is 10.6 Å². The van der Waals surface area contributed by atoms with Crippen molar-refractivity contribution in [2.24, 2.45) is 0 Å². The van der Waals surface area contributed by atoms with Crippen LogP contribution in [-0.2, 0) is 16.1 Å². The molecule has 0 aliphatic heterocycles. The second-order valence-electron chi connectivity index (χ2n) is 4.09. The third-order valence-electron chi connectivity index (χ3n) is 2.45. The molecule has 2 N–H and O–H groups in total. The molecule has 0 aliphatic rings. The van der Waals surface area contributed by atoms with E-state index in [4.69, 9.17) is 4.74 Å². The molecule has 2 aromatic rings. The van der Waals surface area contributed by atoms with Gasteiger partial charge in [-0.05, 0) is 5.56 Å². The zero-order valence-electron chi connectivity index (χ0n) is 11.2. The predicted octanol–water partition coefficient (Wildman–Crippen LogP) is 1.34. The predicted molar refractivity (Wildman–Crippen MR) is 75.3 cm³/mol. The van der Waals surface area contributed by atoms with Gasteiger partial charge in [0.05, 0.1) is 18.1 Å². The van der Waals surface area contributed by atoms with Crippen molar-refractivity contribution in [2.75, 3.05) is 11.9 Å². The minimum Gasteiger partial charge on any atom is -0.445 e. The molecule has 1 aromatic carbocycles. The highest BCUT2D eigenvalue weighted by Gasteiger charge is 2.07. The number of aromatic nitrogens is 2. The summed E-state index contributed by atoms with van der Waals surface area (Å²) in [5, 5.41) is 4.90. The van der Waals surface area contributed by atoms with Crippen molar-refractivity contribution in [3.63, 3.8) is 0 Å². The molecular formula is C14H14N4O3. The molecule has 0 aliphatic carbocycles. The average Bonchev–Trinajstić information content (AvgIpc) is 2.53. The molecular weight excluding hydrogens is 272 g/mol. The molecule has 7 heteroatoms. The van der Waals surface area contributed by atoms with Crippen molar-refractivity contribution in [2.45, 2.75) is 6.61 Å². The second-order valence-corrected chi connectivity index (χ2v) is 4.09. The minimum atomic E-state index is -0.654. The molecule has 7 nitrogen and oxygen atoms in total. The summed E-state index contributed by atoms with van der Waals surface area (Å²) in [6.45, 7) is -0.0384. The van der Waals surface area contributed by atoms with Crippen molar-refractivity contribution < 1.29 is 14.3 Å². The van der Waals surface area contributed by atoms with Crippen LogP contribution >= 0.6 is 0 Å². The number of hydrogen-bond donors (Lipinski definition) is 2. The van der Waals surface area contributed by atoms with Gasteiger partial charge < -0.3 is 15.4 Å². The van der Waals surface area contributed by atoms with Crippen LogP contribution in [0.2, 0.25) is 0 Å². The van der Waals surface area contributed by atoms with Crippen LogP contribution in [0.1, 0.15) is 5.56 Å². The summed E-state index contributed by atoms with van der Waals surface area (Å²) in [5.41, 5.74) is 1.33. The van der Waals surface area contributed by atoms with E-state index in [1.165, 1.54) is 18.7 Å². The lowest BCUT2D eigenvalue weighted by Crippen LogP contribution is -2.33. The van der Waals surface area contributed by atoms with Crippen molar-refractivity contribution in [3.8, 4) is 0 Å². The number of anilines is 1. The molecule has 0 radical (unpaired) electrons. The van der Waals surface area contributed by atoms with E-state index in [0.717, 1.165) is 5.56 Å². The first-order valence-corrected chi connectivity index (χ1v) is 6.23. The smallest absolute Gasteiger partial charge is 0.407 e. The van der Waals surface area contributed by atoms with Gasteiger partial charge in [-0.15, -0.1) is 0 Å². The average molecular weight is 286 g/mol. The van der Waals surface area contributed by atoms with Gasteiger partial charge in [-0.25, -0.2) is 14.8 Å². The fraction of sp³-hybridized carbons (Fsp3) is 0.143. The third-order valence-corrected chi connectivity index (χ3v) is 2.45. The maximum Gasteiger partial charge on any atom is 0.407 e. The lowest BCUT2D eigenvalue weighted by molar-refractivity contribution is -0.115. The Bertz CT molecular complexity index is 590. The number of benzene rings is 1. The van der Waals surface area contributed by atoms with Crippen LogP contribution in [0.3, 0.4) is 0 Å². The quantitative estimate of drug-likeness (QED) is 0.865. The minimum absolute atomic E-state index is 0.154. The van der Waals surface area contributed by atoms with Crippen molar-refractivity contribution in [1.29, 1.82) is 0 Å². The monoisotopic (exact) mass is 286 g/mol. The van der Waals surface area contributed by atoms with E-state index in [1.54, 1.807) is 0 Å². The molecule has 108 valence electrons. The van der Waals surface area contributed by atoms with Gasteiger partial charge in [0.1, 0.15) is 19.5 Å². The number of amides is 2. The van der Waals surface area contributed by atoms with Crippen molar-refractivity contribution in [1.82, 2.24) is 15.3 Å². The molecule has 0 saturated heterocycles. The normalized spacial score (nSPS) is 9.71. The summed E-state index contributed by atoms with van der Waals surface area (Å²) in [6.07, 6.45) is 3.62. The fourth-order valence-electron chi connectivity index (χ4n) is 1.50. The molecule has 0 spiro atoms. The number of nitrogens with one attached hydrogen (secondary N) is 2. The number of nitrogens with zero attached hydrogens (tertiary/aromatic N) is 2. The Morgan fingerprint density at radius 2 is 1.81 bits per heavy atom. The molecule has 21 heavy (non-hydrogen) atoms. The molecule has 2 amide bonds. The summed E-state index contributed by atoms with van der Waals surface area (Å²) in [7, 11) is 0. The van der Waals surface area contributed by atoms with Gasteiger partial charge in [0.15, 0.2) is 0 Å². The Morgan fingerprint density at radius 3 is 2.52 bits per heavy atom. The molecule has 0 unspecified atom stereocenters. The maximum atomic E-state index is 11.6. The molecule has 0 atom stereocenters. The van der Waals surface area contributed by atoms with Gasteiger partial charge in [-0.1, -0.05) is 30.3 Å². The third kappa shape index (κ3) is 5.27. The number of alkyl carbamates (subject to hydrolysis) is 1. The standard InChI is InChI=1S/C14H14N4O3/c19-13(18-12-6-15-10-16-7-12)8-17-14(20)21-9-11-4-2-1-3-5-11/h1-7,10H,8-9H2,(H,17,20)(H,18,19). The molecule has 0 saturated carbocycles. The van der Waals surface area contributed by atoms with Gasteiger partial charge in [0.2, 0.25) is 5.91 Å². The number of carbonyl (C=O) groups is 2. The number of rotatable bonds is 5. The van der Waals surface area contributed by atoms with Gasteiger partial charge in [-0.3, -0.25) is 4.79 Å². The Kier molecular flexibility index (Phi) is 5.22. The second kappa shape index (κ2) is 7.59. The molecule has 0 fully saturated rings. The number of ether oxygens (including phenoxy) is 1. The number of carbonyl (C=O) groups excluding carboxylic acids is 2. The molecule has 1 heterocycles. The molecule has 2 rings (SSSR count). The maximum absolute atomic E-state index is 11.6. The van der Waals surface area contributed by atoms with Crippen LogP contribution in [0, 0.1) is 0 Å². The summed E-state index contributed by atoms with van der Waals surface area (Å²) in [4.78, 5) is 30.5. The first-order chi connectivity index (χ1) is 10.2. The van der Waals surface area contributed by atoms with Crippen molar-refractivity contribution >= 4 is 17.7 Å². The van der Waals surface area contributed by atoms with E-state index in [0.29, 0.717) is 5.69 Å². The molecule has 0 bridgehead atoms. The van der Waals surface area contributed by atoms with E-state index in [1.807, 2.05) is 30.3 Å². The largest absolute Gasteiger partial charge is 0.445 e. The Balaban J connectivity index is 1.68. The van der Waals surface area contributed by atoms with E-state index in [9.17, 15) is 9.59 Å². The highest BCUT2D eigenvalue weighted by atomic mass is 16.5. The highest BCUT2D eigenvalue weighted by molar-refractivity contribution is 5.93. The lowest BCUT2D eigenvalue weighted by atomic mass is 10.2. The van der Waals surface area contributed by atoms with Crippen LogP contribution in [0.15, 0.2) is 49.1 Å². The van der Waals surface area contributed by atoms with E-state index < -0.39 is 6.09 Å². The van der Waals surface area contributed by atoms with Gasteiger partial charge in [-0.2, -0.15) is 0 Å². The van der Waals surface area contributed by atoms with E-state index >= 15 is 0 Å². The van der Waals surface area contributed by atoms with Crippen LogP contribution in [0.4, 0.5) is 10.5 Å². The van der Waals surface area contributed by atoms with E-state index in [2.05, 4.69) is 20.6 Å². The summed E-state index contributed by atoms with van der Waals surface area (Å²) >= 11 is 0. The topological polar surface area (TPSA) is 93.2 Å². The first kappa shape index (κ1) is 14.4. The van der Waals surface area contributed by atoms with Crippen molar-refractivity contribution in [3.05, 3.63) is 54.6 Å². The molecule has 1 aromatic heterocycles. The first-order valence-electron chi connectivity index (χ1n) is 6.23. The van der Waals surface area contributed by atoms with Crippen LogP contribution in [-0.4, -0.2) is 28.5 Å². The van der Waals surface area contributed by atoms with Gasteiger partial charge in [0.25, 0.3) is 0 Å². The summed E-state index contributed by atoms with van der Waals surface area (Å²) in [6, 6.07) is 9.27. The van der Waals surface area contributed by atoms with Gasteiger partial charge >= 0.3 is 6.09 Å². The summed E-state index contributed by atoms with van der Waals surface area (Å²) < 4.78 is 4.97. The van der Waals surface area contributed by atoms with E-state index in [-0.39, 0.29) is 19.1 Å². The van der Waals surface area contributed by atoms with Crippen LogP contribution in [0.25, 0.3) is 0 Å². The summed E-state index contributed by atoms with van der Waals surface area (Å²) in [5.74, 6) is -0.388. The number of hydrogen-bond acceptors (Lipinski definition) is 5. The fourth-order valence-corrected chi connectivity index (χ4v) is 1.50. The zero-order chi connectivity index (χ0) is 14.9. The Morgan fingerprint density at radius 1 is 1.10 bits per heavy atom. The Hall–Kier alpha value is -2.96. The lowest BCUT2D eigenvalue weighted by Gasteiger charge is -2.07. The Labute approximate surface area is 121 Å². The SMILES string of the molecule is O=C(CNC(=O)OCc1ccccc1)Nc1cncnc1. The van der Waals surface area contributed by atoms with Gasteiger partial charge in [0, 0.05) is 0 Å².